The predicted octanol–water partition coefficient (Wildman–Crippen LogP) is 3.24. The smallest absolute Gasteiger partial charge is 0.358 e. The van der Waals surface area contributed by atoms with Gasteiger partial charge in [-0.1, -0.05) is 6.07 Å². The van der Waals surface area contributed by atoms with Crippen LogP contribution in [0.4, 0.5) is 5.82 Å². The molecule has 0 aliphatic heterocycles. The molecule has 0 atom stereocenters. The molecular formula is C12H13BrN4O2S. The summed E-state index contributed by atoms with van der Waals surface area (Å²) in [5.41, 5.74) is 0. The standard InChI is InChI=1S/C12H13BrN4O2S/c13-11-7-16(14-12(11)17(18)19)8-15(9-3-4-9)6-10-2-1-5-20-10/h1-2,5,7,9H,3-4,6,8H2. The monoisotopic (exact) mass is 356 g/mol. The SMILES string of the molecule is O=[N+]([O-])c1nn(CN(Cc2cccs2)C2CC2)cc1Br. The second-order valence-corrected chi connectivity index (χ2v) is 6.68. The van der Waals surface area contributed by atoms with E-state index in [-0.39, 0.29) is 5.82 Å². The van der Waals surface area contributed by atoms with Gasteiger partial charge in [0.2, 0.25) is 0 Å². The van der Waals surface area contributed by atoms with Crippen molar-refractivity contribution in [2.45, 2.75) is 32.1 Å². The third-order valence-corrected chi connectivity index (χ3v) is 4.62. The number of aromatic nitrogens is 2. The number of hydrogen-bond acceptors (Lipinski definition) is 5. The lowest BCUT2D eigenvalue weighted by Gasteiger charge is -2.19. The van der Waals surface area contributed by atoms with Crippen molar-refractivity contribution >= 4 is 33.1 Å². The fourth-order valence-electron chi connectivity index (χ4n) is 2.11. The minimum Gasteiger partial charge on any atom is -0.358 e. The van der Waals surface area contributed by atoms with Crippen molar-refractivity contribution in [2.75, 3.05) is 0 Å². The van der Waals surface area contributed by atoms with Gasteiger partial charge in [0.15, 0.2) is 0 Å². The molecule has 0 aromatic carbocycles. The van der Waals surface area contributed by atoms with E-state index in [9.17, 15) is 10.1 Å². The van der Waals surface area contributed by atoms with Crippen molar-refractivity contribution in [3.05, 3.63) is 43.2 Å². The summed E-state index contributed by atoms with van der Waals surface area (Å²) in [4.78, 5) is 14.0. The molecular weight excluding hydrogens is 344 g/mol. The van der Waals surface area contributed by atoms with Gasteiger partial charge >= 0.3 is 5.82 Å². The van der Waals surface area contributed by atoms with E-state index < -0.39 is 4.92 Å². The molecule has 3 rings (SSSR count). The first-order valence-corrected chi connectivity index (χ1v) is 7.94. The summed E-state index contributed by atoms with van der Waals surface area (Å²) in [5.74, 6) is -0.128. The molecule has 2 aromatic heterocycles. The Kier molecular flexibility index (Phi) is 3.86. The van der Waals surface area contributed by atoms with Gasteiger partial charge in [0.1, 0.15) is 11.1 Å². The van der Waals surface area contributed by atoms with E-state index in [0.717, 1.165) is 6.54 Å². The minimum absolute atomic E-state index is 0.128. The van der Waals surface area contributed by atoms with Crippen LogP contribution in [0.2, 0.25) is 0 Å². The molecule has 1 fully saturated rings. The molecule has 0 radical (unpaired) electrons. The summed E-state index contributed by atoms with van der Waals surface area (Å²) in [7, 11) is 0. The number of nitro groups is 1. The van der Waals surface area contributed by atoms with Crippen LogP contribution >= 0.6 is 27.3 Å². The lowest BCUT2D eigenvalue weighted by molar-refractivity contribution is -0.390. The van der Waals surface area contributed by atoms with Crippen LogP contribution in [-0.2, 0) is 13.2 Å². The van der Waals surface area contributed by atoms with Crippen LogP contribution in [0, 0.1) is 10.1 Å². The van der Waals surface area contributed by atoms with E-state index in [1.807, 2.05) is 6.07 Å². The van der Waals surface area contributed by atoms with Gasteiger partial charge < -0.3 is 10.1 Å². The zero-order valence-corrected chi connectivity index (χ0v) is 13.0. The molecule has 1 saturated carbocycles. The highest BCUT2D eigenvalue weighted by molar-refractivity contribution is 9.10. The number of hydrogen-bond donors (Lipinski definition) is 0. The Labute approximate surface area is 128 Å². The molecule has 1 aliphatic rings. The van der Waals surface area contributed by atoms with Crippen molar-refractivity contribution in [1.82, 2.24) is 14.7 Å². The van der Waals surface area contributed by atoms with E-state index >= 15 is 0 Å². The fraction of sp³-hybridized carbons (Fsp3) is 0.417. The van der Waals surface area contributed by atoms with Crippen molar-refractivity contribution < 1.29 is 4.92 Å². The molecule has 6 nitrogen and oxygen atoms in total. The number of halogens is 1. The Bertz CT molecular complexity index is 609. The first-order chi connectivity index (χ1) is 9.63. The lowest BCUT2D eigenvalue weighted by Crippen LogP contribution is -2.28. The van der Waals surface area contributed by atoms with Crippen LogP contribution in [0.3, 0.4) is 0 Å². The van der Waals surface area contributed by atoms with Crippen molar-refractivity contribution in [1.29, 1.82) is 0 Å². The maximum Gasteiger partial charge on any atom is 0.404 e. The number of thiophene rings is 1. The normalized spacial score (nSPS) is 14.9. The van der Waals surface area contributed by atoms with Crippen LogP contribution in [0.15, 0.2) is 28.2 Å². The summed E-state index contributed by atoms with van der Waals surface area (Å²) >= 11 is 4.91. The Morgan fingerprint density at radius 3 is 2.95 bits per heavy atom. The second kappa shape index (κ2) is 5.63. The minimum atomic E-state index is -0.471. The second-order valence-electron chi connectivity index (χ2n) is 4.80. The summed E-state index contributed by atoms with van der Waals surface area (Å²) in [6.45, 7) is 1.45. The van der Waals surface area contributed by atoms with E-state index in [1.165, 1.54) is 17.7 Å². The Balaban J connectivity index is 1.73. The lowest BCUT2D eigenvalue weighted by atomic mass is 10.4. The van der Waals surface area contributed by atoms with Gasteiger partial charge in [0, 0.05) is 17.5 Å². The van der Waals surface area contributed by atoms with Gasteiger partial charge in [0.05, 0.1) is 11.3 Å². The van der Waals surface area contributed by atoms with E-state index in [1.54, 1.807) is 22.2 Å². The highest BCUT2D eigenvalue weighted by Crippen LogP contribution is 2.30. The van der Waals surface area contributed by atoms with Crippen molar-refractivity contribution in [2.24, 2.45) is 0 Å². The van der Waals surface area contributed by atoms with Crippen LogP contribution < -0.4 is 0 Å². The third kappa shape index (κ3) is 3.08. The van der Waals surface area contributed by atoms with E-state index in [4.69, 9.17) is 0 Å². The average molecular weight is 357 g/mol. The molecule has 2 aromatic rings. The molecule has 0 saturated heterocycles. The molecule has 2 heterocycles. The summed E-state index contributed by atoms with van der Waals surface area (Å²) < 4.78 is 2.06. The summed E-state index contributed by atoms with van der Waals surface area (Å²) in [6, 6.07) is 4.72. The number of rotatable bonds is 6. The third-order valence-electron chi connectivity index (χ3n) is 3.20. The molecule has 0 spiro atoms. The molecule has 20 heavy (non-hydrogen) atoms. The Morgan fingerprint density at radius 2 is 2.40 bits per heavy atom. The van der Waals surface area contributed by atoms with Crippen LogP contribution in [0.5, 0.6) is 0 Å². The first-order valence-electron chi connectivity index (χ1n) is 6.27. The largest absolute Gasteiger partial charge is 0.404 e. The fourth-order valence-corrected chi connectivity index (χ4v) is 3.30. The molecule has 106 valence electrons. The van der Waals surface area contributed by atoms with E-state index in [2.05, 4.69) is 37.4 Å². The van der Waals surface area contributed by atoms with E-state index in [0.29, 0.717) is 17.2 Å². The highest BCUT2D eigenvalue weighted by Gasteiger charge is 2.31. The van der Waals surface area contributed by atoms with Gasteiger partial charge in [-0.15, -0.1) is 11.3 Å². The zero-order chi connectivity index (χ0) is 14.1. The summed E-state index contributed by atoms with van der Waals surface area (Å²) in [5, 5.41) is 16.9. The topological polar surface area (TPSA) is 64.2 Å². The summed E-state index contributed by atoms with van der Waals surface area (Å²) in [6.07, 6.45) is 4.05. The first kappa shape index (κ1) is 13.7. The van der Waals surface area contributed by atoms with Crippen LogP contribution in [0.1, 0.15) is 17.7 Å². The van der Waals surface area contributed by atoms with Crippen molar-refractivity contribution in [3.8, 4) is 0 Å². The molecule has 8 heteroatoms. The zero-order valence-electron chi connectivity index (χ0n) is 10.6. The molecule has 0 N–H and O–H groups in total. The van der Waals surface area contributed by atoms with Gasteiger partial charge in [-0.3, -0.25) is 4.90 Å². The van der Waals surface area contributed by atoms with Gasteiger partial charge in [-0.25, -0.2) is 0 Å². The Morgan fingerprint density at radius 1 is 1.60 bits per heavy atom. The quantitative estimate of drug-likeness (QED) is 0.588. The van der Waals surface area contributed by atoms with Gasteiger partial charge in [0.25, 0.3) is 0 Å². The average Bonchev–Trinajstić information content (AvgIpc) is 3.00. The van der Waals surface area contributed by atoms with Gasteiger partial charge in [-0.05, 0) is 45.1 Å². The van der Waals surface area contributed by atoms with Crippen LogP contribution in [0.25, 0.3) is 0 Å². The molecule has 0 amide bonds. The van der Waals surface area contributed by atoms with Crippen LogP contribution in [-0.4, -0.2) is 25.6 Å². The molecule has 0 unspecified atom stereocenters. The van der Waals surface area contributed by atoms with Gasteiger partial charge in [-0.2, -0.15) is 4.68 Å². The predicted molar refractivity (Wildman–Crippen MR) is 79.5 cm³/mol. The molecule has 0 bridgehead atoms. The maximum absolute atomic E-state index is 10.8. The molecule has 1 aliphatic carbocycles. The maximum atomic E-state index is 10.8. The Hall–Kier alpha value is -1.25. The highest BCUT2D eigenvalue weighted by atomic mass is 79.9. The number of nitrogens with zero attached hydrogens (tertiary/aromatic N) is 4. The van der Waals surface area contributed by atoms with Crippen molar-refractivity contribution in [3.63, 3.8) is 0 Å².